The molecule has 0 heterocycles. The van der Waals surface area contributed by atoms with Gasteiger partial charge in [0, 0.05) is 20.7 Å². The fourth-order valence-electron chi connectivity index (χ4n) is 0.990. The highest BCUT2D eigenvalue weighted by Gasteiger charge is 2.23. The standard InChI is InChI=1S/C9H17N3O5/c1-12(3-4-17-2)9(16)11-6(8(14)15)5-7(10)13/h6H,3-5H2,1-2H3,(H2,10,13)(H,11,16)(H,14,15). The molecular formula is C9H17N3O5. The number of nitrogens with zero attached hydrogens (tertiary/aromatic N) is 1. The SMILES string of the molecule is COCCN(C)C(=O)NC(CC(N)=O)C(=O)O. The zero-order valence-electron chi connectivity index (χ0n) is 9.80. The van der Waals surface area contributed by atoms with Crippen LogP contribution < -0.4 is 11.1 Å². The molecular weight excluding hydrogens is 230 g/mol. The Morgan fingerprint density at radius 3 is 2.47 bits per heavy atom. The van der Waals surface area contributed by atoms with Crippen molar-refractivity contribution in [2.45, 2.75) is 12.5 Å². The molecule has 0 radical (unpaired) electrons. The summed E-state index contributed by atoms with van der Waals surface area (Å²) in [4.78, 5) is 34.1. The van der Waals surface area contributed by atoms with Gasteiger partial charge >= 0.3 is 12.0 Å². The van der Waals surface area contributed by atoms with E-state index in [0.717, 1.165) is 0 Å². The number of hydrogen-bond donors (Lipinski definition) is 3. The lowest BCUT2D eigenvalue weighted by molar-refractivity contribution is -0.140. The van der Waals surface area contributed by atoms with Gasteiger partial charge in [-0.15, -0.1) is 0 Å². The molecule has 3 amide bonds. The van der Waals surface area contributed by atoms with Crippen molar-refractivity contribution < 1.29 is 24.2 Å². The maximum atomic E-state index is 11.5. The second-order valence-electron chi connectivity index (χ2n) is 3.43. The van der Waals surface area contributed by atoms with E-state index >= 15 is 0 Å². The van der Waals surface area contributed by atoms with Crippen molar-refractivity contribution >= 4 is 17.9 Å². The molecule has 0 aliphatic carbocycles. The number of carboxylic acids is 1. The van der Waals surface area contributed by atoms with Crippen molar-refractivity contribution in [1.29, 1.82) is 0 Å². The van der Waals surface area contributed by atoms with Crippen LogP contribution in [0, 0.1) is 0 Å². The van der Waals surface area contributed by atoms with Crippen LogP contribution in [-0.4, -0.2) is 61.3 Å². The minimum Gasteiger partial charge on any atom is -0.480 e. The summed E-state index contributed by atoms with van der Waals surface area (Å²) in [5.74, 6) is -2.10. The molecule has 1 unspecified atom stereocenters. The first-order valence-electron chi connectivity index (χ1n) is 4.90. The number of carbonyl (C=O) groups is 3. The number of likely N-dealkylation sites (N-methyl/N-ethyl adjacent to an activating group) is 1. The number of primary amides is 1. The fraction of sp³-hybridized carbons (Fsp3) is 0.667. The molecule has 8 nitrogen and oxygen atoms in total. The van der Waals surface area contributed by atoms with Gasteiger partial charge in [-0.1, -0.05) is 0 Å². The monoisotopic (exact) mass is 247 g/mol. The summed E-state index contributed by atoms with van der Waals surface area (Å²) in [6, 6.07) is -1.92. The van der Waals surface area contributed by atoms with E-state index in [-0.39, 0.29) is 0 Å². The van der Waals surface area contributed by atoms with Gasteiger partial charge in [0.1, 0.15) is 6.04 Å². The van der Waals surface area contributed by atoms with Crippen LogP contribution in [0.3, 0.4) is 0 Å². The molecule has 98 valence electrons. The van der Waals surface area contributed by atoms with E-state index in [1.807, 2.05) is 0 Å². The second kappa shape index (κ2) is 7.44. The number of carboxylic acid groups (broad SMARTS) is 1. The van der Waals surface area contributed by atoms with Crippen LogP contribution in [0.1, 0.15) is 6.42 Å². The molecule has 0 saturated carbocycles. The maximum Gasteiger partial charge on any atom is 0.326 e. The third kappa shape index (κ3) is 6.36. The van der Waals surface area contributed by atoms with Crippen LogP contribution in [0.5, 0.6) is 0 Å². The Balaban J connectivity index is 4.29. The Bertz CT molecular complexity index is 294. The highest BCUT2D eigenvalue weighted by Crippen LogP contribution is 1.94. The van der Waals surface area contributed by atoms with E-state index in [1.165, 1.54) is 19.1 Å². The number of nitrogens with one attached hydrogen (secondary N) is 1. The van der Waals surface area contributed by atoms with Crippen molar-refractivity contribution in [3.63, 3.8) is 0 Å². The summed E-state index contributed by atoms with van der Waals surface area (Å²) in [5.41, 5.74) is 4.88. The van der Waals surface area contributed by atoms with Gasteiger partial charge in [0.25, 0.3) is 0 Å². The normalized spacial score (nSPS) is 11.6. The molecule has 0 spiro atoms. The van der Waals surface area contributed by atoms with E-state index in [4.69, 9.17) is 15.6 Å². The van der Waals surface area contributed by atoms with Gasteiger partial charge in [0.15, 0.2) is 0 Å². The Hall–Kier alpha value is -1.83. The summed E-state index contributed by atoms with van der Waals surface area (Å²) >= 11 is 0. The number of hydrogen-bond acceptors (Lipinski definition) is 4. The zero-order chi connectivity index (χ0) is 13.4. The number of carbonyl (C=O) groups excluding carboxylic acids is 2. The average molecular weight is 247 g/mol. The van der Waals surface area contributed by atoms with E-state index in [9.17, 15) is 14.4 Å². The van der Waals surface area contributed by atoms with Crippen LogP contribution in [-0.2, 0) is 14.3 Å². The predicted molar refractivity (Wildman–Crippen MR) is 58.3 cm³/mol. The van der Waals surface area contributed by atoms with Crippen molar-refractivity contribution in [1.82, 2.24) is 10.2 Å². The van der Waals surface area contributed by atoms with Crippen LogP contribution in [0.2, 0.25) is 0 Å². The second-order valence-corrected chi connectivity index (χ2v) is 3.43. The summed E-state index contributed by atoms with van der Waals surface area (Å²) in [5, 5.41) is 11.0. The molecule has 0 bridgehead atoms. The smallest absolute Gasteiger partial charge is 0.326 e. The minimum atomic E-state index is -1.31. The number of ether oxygens (including phenoxy) is 1. The first-order valence-corrected chi connectivity index (χ1v) is 4.90. The topological polar surface area (TPSA) is 122 Å². The molecule has 0 aromatic heterocycles. The predicted octanol–water partition coefficient (Wildman–Crippen LogP) is -1.40. The number of methoxy groups -OCH3 is 1. The third-order valence-corrected chi connectivity index (χ3v) is 1.98. The summed E-state index contributed by atoms with van der Waals surface area (Å²) in [6.07, 6.45) is -0.445. The van der Waals surface area contributed by atoms with Gasteiger partial charge in [-0.05, 0) is 0 Å². The van der Waals surface area contributed by atoms with Gasteiger partial charge in [-0.3, -0.25) is 4.79 Å². The quantitative estimate of drug-likeness (QED) is 0.511. The van der Waals surface area contributed by atoms with Gasteiger partial charge < -0.3 is 25.8 Å². The van der Waals surface area contributed by atoms with E-state index < -0.39 is 30.4 Å². The Morgan fingerprint density at radius 1 is 1.47 bits per heavy atom. The number of rotatable bonds is 7. The van der Waals surface area contributed by atoms with E-state index in [2.05, 4.69) is 5.32 Å². The molecule has 0 aromatic rings. The van der Waals surface area contributed by atoms with Crippen LogP contribution >= 0.6 is 0 Å². The Kier molecular flexibility index (Phi) is 6.64. The number of aliphatic carboxylic acids is 1. The number of nitrogens with two attached hydrogens (primary N) is 1. The zero-order valence-corrected chi connectivity index (χ0v) is 9.80. The van der Waals surface area contributed by atoms with Crippen LogP contribution in [0.25, 0.3) is 0 Å². The third-order valence-electron chi connectivity index (χ3n) is 1.98. The van der Waals surface area contributed by atoms with Crippen molar-refractivity contribution in [2.24, 2.45) is 5.73 Å². The van der Waals surface area contributed by atoms with E-state index in [1.54, 1.807) is 0 Å². The molecule has 1 atom stereocenters. The molecule has 0 saturated heterocycles. The molecule has 8 heteroatoms. The molecule has 0 rings (SSSR count). The number of amides is 3. The van der Waals surface area contributed by atoms with E-state index in [0.29, 0.717) is 13.2 Å². The molecule has 17 heavy (non-hydrogen) atoms. The van der Waals surface area contributed by atoms with Crippen molar-refractivity contribution in [3.8, 4) is 0 Å². The van der Waals surface area contributed by atoms with Crippen LogP contribution in [0.15, 0.2) is 0 Å². The Labute approximate surface area is 98.7 Å². The lowest BCUT2D eigenvalue weighted by Gasteiger charge is -2.20. The molecule has 0 aliphatic rings. The highest BCUT2D eigenvalue weighted by atomic mass is 16.5. The minimum absolute atomic E-state index is 0.311. The number of urea groups is 1. The molecule has 0 aromatic carbocycles. The summed E-state index contributed by atoms with van der Waals surface area (Å²) < 4.78 is 4.77. The highest BCUT2D eigenvalue weighted by molar-refractivity contribution is 5.87. The summed E-state index contributed by atoms with van der Waals surface area (Å²) in [6.45, 7) is 0.642. The maximum absolute atomic E-state index is 11.5. The van der Waals surface area contributed by atoms with Gasteiger partial charge in [-0.2, -0.15) is 0 Å². The first kappa shape index (κ1) is 15.2. The van der Waals surface area contributed by atoms with Gasteiger partial charge in [0.05, 0.1) is 13.0 Å². The first-order chi connectivity index (χ1) is 7.88. The molecule has 4 N–H and O–H groups in total. The molecule has 0 aliphatic heterocycles. The van der Waals surface area contributed by atoms with Crippen molar-refractivity contribution in [3.05, 3.63) is 0 Å². The lowest BCUT2D eigenvalue weighted by Crippen LogP contribution is -2.48. The average Bonchev–Trinajstić information content (AvgIpc) is 2.23. The van der Waals surface area contributed by atoms with Crippen LogP contribution in [0.4, 0.5) is 4.79 Å². The lowest BCUT2D eigenvalue weighted by atomic mass is 10.2. The van der Waals surface area contributed by atoms with Gasteiger partial charge in [-0.25, -0.2) is 9.59 Å². The fourth-order valence-corrected chi connectivity index (χ4v) is 0.990. The Morgan fingerprint density at radius 2 is 2.06 bits per heavy atom. The van der Waals surface area contributed by atoms with Crippen molar-refractivity contribution in [2.75, 3.05) is 27.3 Å². The largest absolute Gasteiger partial charge is 0.480 e. The van der Waals surface area contributed by atoms with Gasteiger partial charge in [0.2, 0.25) is 5.91 Å². The molecule has 0 fully saturated rings. The summed E-state index contributed by atoms with van der Waals surface area (Å²) in [7, 11) is 2.97.